The summed E-state index contributed by atoms with van der Waals surface area (Å²) in [4.78, 5) is 41.2. The SMILES string of the molecule is CCOC(=O)[C@]12CC(O[Si](C)(C)C)=CC[C@@]1(C(=O)OC(C)(C)C)C(=O)C=C(c1ccccc1)O2. The average Bonchev–Trinajstić information content (AvgIpc) is 2.71. The van der Waals surface area contributed by atoms with E-state index < -0.39 is 42.7 Å². The van der Waals surface area contributed by atoms with Gasteiger partial charge in [-0.3, -0.25) is 9.59 Å². The third-order valence-corrected chi connectivity index (χ3v) is 6.44. The number of hydrogen-bond donors (Lipinski definition) is 0. The molecule has 0 N–H and O–H groups in total. The Morgan fingerprint density at radius 2 is 1.74 bits per heavy atom. The second kappa shape index (κ2) is 9.06. The predicted octanol–water partition coefficient (Wildman–Crippen LogP) is 4.79. The van der Waals surface area contributed by atoms with Crippen LogP contribution in [0.5, 0.6) is 0 Å². The first-order chi connectivity index (χ1) is 15.7. The minimum absolute atomic E-state index is 0.0564. The molecule has 1 heterocycles. The third kappa shape index (κ3) is 4.82. The van der Waals surface area contributed by atoms with Gasteiger partial charge in [0.15, 0.2) is 11.2 Å². The van der Waals surface area contributed by atoms with Gasteiger partial charge >= 0.3 is 11.9 Å². The van der Waals surface area contributed by atoms with E-state index in [1.165, 1.54) is 6.08 Å². The van der Waals surface area contributed by atoms with E-state index in [1.54, 1.807) is 58.0 Å². The van der Waals surface area contributed by atoms with E-state index in [4.69, 9.17) is 18.6 Å². The molecule has 1 aromatic rings. The zero-order valence-corrected chi connectivity index (χ0v) is 22.0. The van der Waals surface area contributed by atoms with Gasteiger partial charge in [-0.1, -0.05) is 30.3 Å². The smallest absolute Gasteiger partial charge is 0.352 e. The Kier molecular flexibility index (Phi) is 6.86. The Bertz CT molecular complexity index is 1030. The topological polar surface area (TPSA) is 88.1 Å². The third-order valence-electron chi connectivity index (χ3n) is 5.56. The van der Waals surface area contributed by atoms with Gasteiger partial charge in [0.2, 0.25) is 13.9 Å². The molecule has 1 aliphatic carbocycles. The summed E-state index contributed by atoms with van der Waals surface area (Å²) in [5, 5.41) is 0. The maximum absolute atomic E-state index is 13.8. The molecule has 1 aromatic carbocycles. The lowest BCUT2D eigenvalue weighted by molar-refractivity contribution is -0.204. The van der Waals surface area contributed by atoms with E-state index in [0.717, 1.165) is 0 Å². The summed E-state index contributed by atoms with van der Waals surface area (Å²) in [6, 6.07) is 8.99. The highest BCUT2D eigenvalue weighted by molar-refractivity contribution is 6.70. The maximum Gasteiger partial charge on any atom is 0.352 e. The highest BCUT2D eigenvalue weighted by Crippen LogP contribution is 2.54. The first-order valence-corrected chi connectivity index (χ1v) is 14.9. The van der Waals surface area contributed by atoms with E-state index in [9.17, 15) is 14.4 Å². The molecule has 0 saturated heterocycles. The van der Waals surface area contributed by atoms with Gasteiger partial charge in [-0.25, -0.2) is 4.79 Å². The van der Waals surface area contributed by atoms with E-state index >= 15 is 0 Å². The van der Waals surface area contributed by atoms with Crippen molar-refractivity contribution < 1.29 is 33.0 Å². The number of rotatable bonds is 6. The number of hydrogen-bond acceptors (Lipinski definition) is 7. The molecule has 0 amide bonds. The zero-order valence-electron chi connectivity index (χ0n) is 21.0. The normalized spacial score (nSPS) is 24.7. The van der Waals surface area contributed by atoms with Crippen LogP contribution in [0.2, 0.25) is 19.6 Å². The molecular weight excluding hydrogens is 452 g/mol. The monoisotopic (exact) mass is 486 g/mol. The lowest BCUT2D eigenvalue weighted by Crippen LogP contribution is -2.67. The largest absolute Gasteiger partial charge is 0.547 e. The highest BCUT2D eigenvalue weighted by atomic mass is 28.4. The molecule has 7 nitrogen and oxygen atoms in total. The number of allylic oxidation sites excluding steroid dienone is 2. The molecule has 0 bridgehead atoms. The van der Waals surface area contributed by atoms with Crippen LogP contribution in [0.25, 0.3) is 5.76 Å². The van der Waals surface area contributed by atoms with Crippen LogP contribution in [0.1, 0.15) is 46.1 Å². The summed E-state index contributed by atoms with van der Waals surface area (Å²) in [6.45, 7) is 12.9. The molecule has 8 heteroatoms. The molecular formula is C26H34O7Si. The van der Waals surface area contributed by atoms with Crippen LogP contribution in [0, 0.1) is 5.41 Å². The second-order valence-electron chi connectivity index (χ2n) is 10.6. The van der Waals surface area contributed by atoms with Crippen molar-refractivity contribution in [2.75, 3.05) is 6.61 Å². The van der Waals surface area contributed by atoms with Crippen LogP contribution in [-0.4, -0.2) is 43.8 Å². The fourth-order valence-electron chi connectivity index (χ4n) is 4.25. The first kappa shape index (κ1) is 25.7. The van der Waals surface area contributed by atoms with Gasteiger partial charge in [-0.15, -0.1) is 0 Å². The lowest BCUT2D eigenvalue weighted by atomic mass is 9.60. The number of carbonyl (C=O) groups excluding carboxylic acids is 3. The second-order valence-corrected chi connectivity index (χ2v) is 15.0. The Labute approximate surface area is 202 Å². The lowest BCUT2D eigenvalue weighted by Gasteiger charge is -2.50. The molecule has 0 radical (unpaired) electrons. The fourth-order valence-corrected chi connectivity index (χ4v) is 5.19. The maximum atomic E-state index is 13.8. The standard InChI is InChI=1S/C26H34O7Si/c1-8-30-23(29)26-17-19(33-34(5,6)7)14-15-25(26,22(28)32-24(2,3)4)21(27)16-20(31-26)18-12-10-9-11-13-18/h9-14,16H,8,15,17H2,1-7H3/t25-,26+/m0/s1. The first-order valence-electron chi connectivity index (χ1n) is 11.5. The Morgan fingerprint density at radius 3 is 2.29 bits per heavy atom. The highest BCUT2D eigenvalue weighted by Gasteiger charge is 2.72. The van der Waals surface area contributed by atoms with Crippen molar-refractivity contribution in [1.82, 2.24) is 0 Å². The molecule has 34 heavy (non-hydrogen) atoms. The Morgan fingerprint density at radius 1 is 1.09 bits per heavy atom. The van der Waals surface area contributed by atoms with Crippen molar-refractivity contribution >= 4 is 31.8 Å². The van der Waals surface area contributed by atoms with Crippen LogP contribution in [0.4, 0.5) is 0 Å². The van der Waals surface area contributed by atoms with E-state index in [1.807, 2.05) is 25.7 Å². The zero-order chi connectivity index (χ0) is 25.4. The van der Waals surface area contributed by atoms with Crippen molar-refractivity contribution in [2.24, 2.45) is 5.41 Å². The van der Waals surface area contributed by atoms with Crippen molar-refractivity contribution in [3.05, 3.63) is 53.8 Å². The summed E-state index contributed by atoms with van der Waals surface area (Å²) in [6.07, 6.45) is 2.78. The number of ketones is 1. The molecule has 0 aromatic heterocycles. The van der Waals surface area contributed by atoms with Gasteiger partial charge in [0.25, 0.3) is 0 Å². The molecule has 1 aliphatic heterocycles. The van der Waals surface area contributed by atoms with Gasteiger partial charge in [-0.05, 0) is 59.8 Å². The van der Waals surface area contributed by atoms with Crippen LogP contribution in [0.15, 0.2) is 48.2 Å². The Balaban J connectivity index is 2.25. The van der Waals surface area contributed by atoms with Gasteiger partial charge < -0.3 is 18.6 Å². The number of esters is 2. The van der Waals surface area contributed by atoms with Gasteiger partial charge in [0.05, 0.1) is 18.8 Å². The number of fused-ring (bicyclic) bond motifs is 1. The molecule has 2 atom stereocenters. The molecule has 0 fully saturated rings. The number of ether oxygens (including phenoxy) is 3. The summed E-state index contributed by atoms with van der Waals surface area (Å²) in [7, 11) is -2.07. The minimum Gasteiger partial charge on any atom is -0.547 e. The van der Waals surface area contributed by atoms with E-state index in [0.29, 0.717) is 11.3 Å². The summed E-state index contributed by atoms with van der Waals surface area (Å²) >= 11 is 0. The fraction of sp³-hybridized carbons (Fsp3) is 0.500. The predicted molar refractivity (Wildman–Crippen MR) is 130 cm³/mol. The number of benzene rings is 1. The van der Waals surface area contributed by atoms with E-state index in [-0.39, 0.29) is 25.2 Å². The number of carbonyl (C=O) groups is 3. The molecule has 0 unspecified atom stereocenters. The molecule has 2 aliphatic rings. The molecule has 3 rings (SSSR count). The van der Waals surface area contributed by atoms with Crippen molar-refractivity contribution in [1.29, 1.82) is 0 Å². The minimum atomic E-state index is -2.07. The molecule has 0 spiro atoms. The van der Waals surface area contributed by atoms with Crippen molar-refractivity contribution in [3.63, 3.8) is 0 Å². The van der Waals surface area contributed by atoms with Crippen LogP contribution < -0.4 is 0 Å². The van der Waals surface area contributed by atoms with Crippen molar-refractivity contribution in [2.45, 2.75) is 71.4 Å². The van der Waals surface area contributed by atoms with Gasteiger partial charge in [0, 0.05) is 11.6 Å². The van der Waals surface area contributed by atoms with Crippen molar-refractivity contribution in [3.8, 4) is 0 Å². The van der Waals surface area contributed by atoms with E-state index in [2.05, 4.69) is 0 Å². The van der Waals surface area contributed by atoms with Crippen LogP contribution in [-0.2, 0) is 33.0 Å². The summed E-state index contributed by atoms with van der Waals surface area (Å²) < 4.78 is 23.7. The quantitative estimate of drug-likeness (QED) is 0.325. The van der Waals surface area contributed by atoms with Crippen LogP contribution >= 0.6 is 0 Å². The Hall–Kier alpha value is -2.87. The molecule has 0 saturated carbocycles. The molecule has 184 valence electrons. The summed E-state index contributed by atoms with van der Waals surface area (Å²) in [5.41, 5.74) is -4.17. The van der Waals surface area contributed by atoms with Gasteiger partial charge in [-0.2, -0.15) is 0 Å². The average molecular weight is 487 g/mol. The van der Waals surface area contributed by atoms with Gasteiger partial charge in [0.1, 0.15) is 11.4 Å². The van der Waals surface area contributed by atoms with Crippen LogP contribution in [0.3, 0.4) is 0 Å². The summed E-state index contributed by atoms with van der Waals surface area (Å²) in [5.74, 6) is -1.45.